The summed E-state index contributed by atoms with van der Waals surface area (Å²) in [6, 6.07) is 4.96. The molecule has 1 heterocycles. The highest BCUT2D eigenvalue weighted by Crippen LogP contribution is 2.42. The first-order valence-electron chi connectivity index (χ1n) is 8.34. The van der Waals surface area contributed by atoms with Crippen LogP contribution < -0.4 is 0 Å². The first-order valence-corrected chi connectivity index (χ1v) is 8.34. The summed E-state index contributed by atoms with van der Waals surface area (Å²) >= 11 is 0. The lowest BCUT2D eigenvalue weighted by atomic mass is 9.66. The lowest BCUT2D eigenvalue weighted by Gasteiger charge is -2.32. The number of esters is 1. The van der Waals surface area contributed by atoms with Crippen LogP contribution in [0.4, 0.5) is 4.39 Å². The summed E-state index contributed by atoms with van der Waals surface area (Å²) in [6.45, 7) is 11.6. The second-order valence-corrected chi connectivity index (χ2v) is 7.25. The molecule has 1 fully saturated rings. The molecule has 1 atom stereocenters. The number of hydrogen-bond donors (Lipinski definition) is 0. The largest absolute Gasteiger partial charge is 0.466 e. The molecule has 0 saturated carbocycles. The fourth-order valence-corrected chi connectivity index (χ4v) is 2.66. The van der Waals surface area contributed by atoms with Gasteiger partial charge in [0.2, 0.25) is 0 Å². The molecule has 4 nitrogen and oxygen atoms in total. The Morgan fingerprint density at radius 3 is 2.33 bits per heavy atom. The van der Waals surface area contributed by atoms with E-state index in [-0.39, 0.29) is 18.2 Å². The number of ether oxygens (including phenoxy) is 1. The molecule has 1 aromatic rings. The van der Waals surface area contributed by atoms with E-state index in [4.69, 9.17) is 14.0 Å². The zero-order valence-corrected chi connectivity index (χ0v) is 15.3. The van der Waals surface area contributed by atoms with Crippen molar-refractivity contribution in [3.05, 3.63) is 35.1 Å². The Kier molecular flexibility index (Phi) is 5.40. The molecule has 2 rings (SSSR count). The Bertz CT molecular complexity index is 599. The van der Waals surface area contributed by atoms with E-state index < -0.39 is 24.1 Å². The topological polar surface area (TPSA) is 44.8 Å². The maximum atomic E-state index is 14.0. The first kappa shape index (κ1) is 18.9. The van der Waals surface area contributed by atoms with E-state index in [1.807, 2.05) is 33.8 Å². The van der Waals surface area contributed by atoms with Crippen molar-refractivity contribution in [3.8, 4) is 0 Å². The van der Waals surface area contributed by atoms with Crippen molar-refractivity contribution in [1.29, 1.82) is 0 Å². The van der Waals surface area contributed by atoms with Gasteiger partial charge in [0.15, 0.2) is 0 Å². The quantitative estimate of drug-likeness (QED) is 0.606. The van der Waals surface area contributed by atoms with E-state index in [1.54, 1.807) is 19.9 Å². The fourth-order valence-electron chi connectivity index (χ4n) is 2.66. The first-order chi connectivity index (χ1) is 11.1. The predicted molar refractivity (Wildman–Crippen MR) is 91.2 cm³/mol. The number of hydrogen-bond acceptors (Lipinski definition) is 4. The van der Waals surface area contributed by atoms with Crippen molar-refractivity contribution in [2.75, 3.05) is 6.61 Å². The molecular weight excluding hydrogens is 310 g/mol. The van der Waals surface area contributed by atoms with Gasteiger partial charge in [0.05, 0.1) is 24.2 Å². The van der Waals surface area contributed by atoms with E-state index in [0.717, 1.165) is 0 Å². The number of halogens is 1. The molecule has 0 radical (unpaired) electrons. The molecule has 1 aliphatic heterocycles. The molecule has 24 heavy (non-hydrogen) atoms. The van der Waals surface area contributed by atoms with Gasteiger partial charge in [0.25, 0.3) is 0 Å². The van der Waals surface area contributed by atoms with Gasteiger partial charge >= 0.3 is 13.1 Å². The molecule has 0 aliphatic carbocycles. The van der Waals surface area contributed by atoms with Gasteiger partial charge in [-0.15, -0.1) is 0 Å². The third-order valence-corrected chi connectivity index (χ3v) is 4.92. The number of carbonyl (C=O) groups is 1. The second kappa shape index (κ2) is 6.85. The highest BCUT2D eigenvalue weighted by molar-refractivity contribution is 6.48. The lowest BCUT2D eigenvalue weighted by Crippen LogP contribution is -2.41. The van der Waals surface area contributed by atoms with Crippen molar-refractivity contribution in [3.63, 3.8) is 0 Å². The van der Waals surface area contributed by atoms with Gasteiger partial charge in [-0.05, 0) is 58.7 Å². The van der Waals surface area contributed by atoms with Crippen molar-refractivity contribution in [1.82, 2.24) is 0 Å². The van der Waals surface area contributed by atoms with Gasteiger partial charge in [0.1, 0.15) is 5.82 Å². The Morgan fingerprint density at radius 2 is 1.83 bits per heavy atom. The second-order valence-electron chi connectivity index (χ2n) is 7.25. The Morgan fingerprint density at radius 1 is 1.25 bits per heavy atom. The van der Waals surface area contributed by atoms with E-state index >= 15 is 0 Å². The van der Waals surface area contributed by atoms with Crippen molar-refractivity contribution < 1.29 is 23.2 Å². The third-order valence-electron chi connectivity index (χ3n) is 4.92. The number of rotatable bonds is 5. The molecule has 132 valence electrons. The van der Waals surface area contributed by atoms with Crippen molar-refractivity contribution >= 4 is 13.1 Å². The van der Waals surface area contributed by atoms with Crippen LogP contribution in [0.25, 0.3) is 0 Å². The number of carbonyl (C=O) groups excluding carboxylic acids is 1. The van der Waals surface area contributed by atoms with Gasteiger partial charge in [0, 0.05) is 5.82 Å². The summed E-state index contributed by atoms with van der Waals surface area (Å²) in [6.07, 6.45) is 0.0766. The van der Waals surface area contributed by atoms with E-state index in [1.165, 1.54) is 6.07 Å². The molecule has 1 unspecified atom stereocenters. The van der Waals surface area contributed by atoms with Gasteiger partial charge in [-0.2, -0.15) is 0 Å². The molecule has 0 aromatic heterocycles. The van der Waals surface area contributed by atoms with Gasteiger partial charge in [-0.3, -0.25) is 4.79 Å². The molecule has 0 N–H and O–H groups in total. The fraction of sp³-hybridized carbons (Fsp3) is 0.611. The number of aryl methyl sites for hydroxylation is 1. The Balaban J connectivity index is 2.33. The van der Waals surface area contributed by atoms with Crippen LogP contribution in [-0.2, 0) is 18.8 Å². The highest BCUT2D eigenvalue weighted by atomic mass is 19.1. The van der Waals surface area contributed by atoms with Crippen LogP contribution in [0.2, 0.25) is 0 Å². The highest BCUT2D eigenvalue weighted by Gasteiger charge is 2.54. The Labute approximate surface area is 143 Å². The molecule has 0 bridgehead atoms. The van der Waals surface area contributed by atoms with Crippen LogP contribution in [0.1, 0.15) is 58.0 Å². The summed E-state index contributed by atoms with van der Waals surface area (Å²) in [5.41, 5.74) is 0.189. The summed E-state index contributed by atoms with van der Waals surface area (Å²) in [7, 11) is -0.637. The summed E-state index contributed by atoms with van der Waals surface area (Å²) < 4.78 is 31.2. The average molecular weight is 336 g/mol. The van der Waals surface area contributed by atoms with Gasteiger partial charge < -0.3 is 14.0 Å². The van der Waals surface area contributed by atoms with Crippen LogP contribution in [0.3, 0.4) is 0 Å². The normalized spacial score (nSPS) is 20.0. The summed E-state index contributed by atoms with van der Waals surface area (Å²) in [5, 5.41) is 0. The van der Waals surface area contributed by atoms with E-state index in [0.29, 0.717) is 17.7 Å². The molecule has 1 aliphatic rings. The monoisotopic (exact) mass is 336 g/mol. The van der Waals surface area contributed by atoms with Gasteiger partial charge in [-0.25, -0.2) is 4.39 Å². The number of benzene rings is 1. The van der Waals surface area contributed by atoms with Crippen LogP contribution in [-0.4, -0.2) is 30.9 Å². The summed E-state index contributed by atoms with van der Waals surface area (Å²) in [5.74, 6) is -1.09. The molecule has 0 amide bonds. The van der Waals surface area contributed by atoms with Gasteiger partial charge in [-0.1, -0.05) is 12.1 Å². The zero-order valence-electron chi connectivity index (χ0n) is 15.3. The minimum absolute atomic E-state index is 0.0766. The predicted octanol–water partition coefficient (Wildman–Crippen LogP) is 3.80. The summed E-state index contributed by atoms with van der Waals surface area (Å²) in [4.78, 5) is 12.0. The maximum absolute atomic E-state index is 14.0. The minimum Gasteiger partial charge on any atom is -0.466 e. The van der Waals surface area contributed by atoms with E-state index in [2.05, 4.69) is 0 Å². The average Bonchev–Trinajstić information content (AvgIpc) is 2.68. The molecular formula is C18H26BFO4. The van der Waals surface area contributed by atoms with Crippen molar-refractivity contribution in [2.45, 2.75) is 65.0 Å². The SMILES string of the molecule is CCOC(=O)CC(B1OC(C)(C)C(C)(C)O1)c1ccc(C)c(F)c1. The Hall–Kier alpha value is -1.40. The van der Waals surface area contributed by atoms with Crippen LogP contribution in [0, 0.1) is 12.7 Å². The lowest BCUT2D eigenvalue weighted by molar-refractivity contribution is -0.143. The maximum Gasteiger partial charge on any atom is 0.466 e. The molecule has 6 heteroatoms. The molecule has 1 aromatic carbocycles. The van der Waals surface area contributed by atoms with Crippen molar-refractivity contribution in [2.24, 2.45) is 0 Å². The molecule has 1 saturated heterocycles. The smallest absolute Gasteiger partial charge is 0.466 e. The van der Waals surface area contributed by atoms with Crippen LogP contribution >= 0.6 is 0 Å². The standard InChI is InChI=1S/C18H26BFO4/c1-7-22-16(21)11-14(13-9-8-12(2)15(20)10-13)19-23-17(3,4)18(5,6)24-19/h8-10,14H,7,11H2,1-6H3. The van der Waals surface area contributed by atoms with Crippen LogP contribution in [0.15, 0.2) is 18.2 Å². The van der Waals surface area contributed by atoms with E-state index in [9.17, 15) is 9.18 Å². The third kappa shape index (κ3) is 3.81. The van der Waals surface area contributed by atoms with Crippen LogP contribution in [0.5, 0.6) is 0 Å². The molecule has 0 spiro atoms. The minimum atomic E-state index is -0.637. The zero-order chi connectivity index (χ0) is 18.1.